The molecule has 1 saturated heterocycles. The molecule has 0 aromatic carbocycles. The van der Waals surface area contributed by atoms with E-state index in [1.54, 1.807) is 12.3 Å². The molecule has 0 saturated carbocycles. The second-order valence-corrected chi connectivity index (χ2v) is 9.05. The molecular formula is C18H25N3O3S. The molecular weight excluding hydrogens is 338 g/mol. The number of hydrogen-bond donors (Lipinski definition) is 2. The number of hydrogen-bond acceptors (Lipinski definition) is 5. The van der Waals surface area contributed by atoms with Gasteiger partial charge in [-0.05, 0) is 44.6 Å². The third-order valence-corrected chi connectivity index (χ3v) is 6.50. The lowest BCUT2D eigenvalue weighted by atomic mass is 9.97. The predicted molar refractivity (Wildman–Crippen MR) is 98.4 cm³/mol. The first-order valence-electron chi connectivity index (χ1n) is 8.90. The lowest BCUT2D eigenvalue weighted by Crippen LogP contribution is -2.35. The Morgan fingerprint density at radius 2 is 2.16 bits per heavy atom. The van der Waals surface area contributed by atoms with Crippen LogP contribution >= 0.6 is 0 Å². The van der Waals surface area contributed by atoms with Crippen molar-refractivity contribution in [1.29, 1.82) is 0 Å². The molecule has 3 rings (SSSR count). The van der Waals surface area contributed by atoms with E-state index >= 15 is 0 Å². The van der Waals surface area contributed by atoms with Gasteiger partial charge in [-0.2, -0.15) is 0 Å². The number of carbonyl (C=O) groups is 1. The number of aromatic nitrogens is 1. The average Bonchev–Trinajstić information content (AvgIpc) is 2.94. The van der Waals surface area contributed by atoms with Gasteiger partial charge in [-0.25, -0.2) is 8.42 Å². The van der Waals surface area contributed by atoms with Crippen LogP contribution in [-0.2, 0) is 9.84 Å². The van der Waals surface area contributed by atoms with Crippen molar-refractivity contribution < 1.29 is 13.2 Å². The number of nitrogens with one attached hydrogen (secondary N) is 2. The van der Waals surface area contributed by atoms with E-state index in [-0.39, 0.29) is 23.5 Å². The van der Waals surface area contributed by atoms with Gasteiger partial charge in [-0.3, -0.25) is 9.78 Å². The van der Waals surface area contributed by atoms with Crippen molar-refractivity contribution in [2.45, 2.75) is 44.6 Å². The van der Waals surface area contributed by atoms with Crippen molar-refractivity contribution in [3.63, 3.8) is 0 Å². The Morgan fingerprint density at radius 3 is 2.88 bits per heavy atom. The molecule has 1 aromatic rings. The van der Waals surface area contributed by atoms with Crippen molar-refractivity contribution >= 4 is 21.4 Å². The first-order chi connectivity index (χ1) is 12.0. The highest BCUT2D eigenvalue weighted by atomic mass is 32.2. The zero-order chi connectivity index (χ0) is 17.7. The monoisotopic (exact) mass is 363 g/mol. The molecule has 136 valence electrons. The van der Waals surface area contributed by atoms with Crippen LogP contribution in [0.3, 0.4) is 0 Å². The van der Waals surface area contributed by atoms with Gasteiger partial charge in [0.1, 0.15) is 0 Å². The Balaban J connectivity index is 1.52. The summed E-state index contributed by atoms with van der Waals surface area (Å²) in [5.41, 5.74) is 2.76. The first-order valence-corrected chi connectivity index (χ1v) is 10.7. The molecule has 1 atom stereocenters. The molecule has 6 nitrogen and oxygen atoms in total. The van der Waals surface area contributed by atoms with E-state index in [9.17, 15) is 13.2 Å². The molecule has 1 aliphatic carbocycles. The fourth-order valence-corrected chi connectivity index (χ4v) is 5.01. The van der Waals surface area contributed by atoms with Gasteiger partial charge in [-0.1, -0.05) is 11.6 Å². The minimum Gasteiger partial charge on any atom is -0.383 e. The lowest BCUT2D eigenvalue weighted by molar-refractivity contribution is 0.0941. The molecule has 0 radical (unpaired) electrons. The normalized spacial score (nSPS) is 22.2. The van der Waals surface area contributed by atoms with E-state index in [2.05, 4.69) is 21.7 Å². The average molecular weight is 363 g/mol. The third kappa shape index (κ3) is 5.29. The van der Waals surface area contributed by atoms with Gasteiger partial charge >= 0.3 is 0 Å². The van der Waals surface area contributed by atoms with Gasteiger partial charge in [-0.15, -0.1) is 0 Å². The summed E-state index contributed by atoms with van der Waals surface area (Å²) in [5.74, 6) is -0.0967. The highest BCUT2D eigenvalue weighted by molar-refractivity contribution is 7.91. The predicted octanol–water partition coefficient (Wildman–Crippen LogP) is 2.30. The van der Waals surface area contributed by atoms with Gasteiger partial charge in [0.15, 0.2) is 9.84 Å². The summed E-state index contributed by atoms with van der Waals surface area (Å²) >= 11 is 0. The molecule has 1 unspecified atom stereocenters. The Morgan fingerprint density at radius 1 is 1.28 bits per heavy atom. The number of allylic oxidation sites excluding steroid dienone is 1. The number of amides is 1. The number of rotatable bonds is 6. The molecule has 0 bridgehead atoms. The molecule has 2 aliphatic rings. The molecule has 0 spiro atoms. The number of pyridine rings is 1. The highest BCUT2D eigenvalue weighted by Gasteiger charge is 2.29. The first kappa shape index (κ1) is 17.9. The van der Waals surface area contributed by atoms with Gasteiger partial charge in [0.05, 0.1) is 22.8 Å². The highest BCUT2D eigenvalue weighted by Crippen LogP contribution is 2.20. The summed E-state index contributed by atoms with van der Waals surface area (Å²) in [5, 5.41) is 6.11. The van der Waals surface area contributed by atoms with Crippen LogP contribution in [0, 0.1) is 0 Å². The molecule has 2 N–H and O–H groups in total. The van der Waals surface area contributed by atoms with Crippen LogP contribution < -0.4 is 10.6 Å². The zero-order valence-electron chi connectivity index (χ0n) is 14.3. The molecule has 1 amide bonds. The number of carbonyl (C=O) groups excluding carboxylic acids is 1. The topological polar surface area (TPSA) is 88.2 Å². The maximum absolute atomic E-state index is 12.3. The van der Waals surface area contributed by atoms with E-state index in [1.807, 2.05) is 0 Å². The molecule has 2 heterocycles. The summed E-state index contributed by atoms with van der Waals surface area (Å²) in [6.07, 6.45) is 12.0. The van der Waals surface area contributed by atoms with E-state index < -0.39 is 9.84 Å². The fourth-order valence-electron chi connectivity index (χ4n) is 3.34. The van der Waals surface area contributed by atoms with Crippen LogP contribution in [0.5, 0.6) is 0 Å². The Kier molecular flexibility index (Phi) is 5.73. The fraction of sp³-hybridized carbons (Fsp3) is 0.556. The zero-order valence-corrected chi connectivity index (χ0v) is 15.1. The SMILES string of the molecule is O=C(NC1CCS(=O)(=O)C1)c1cncc(NCCC2=CCCCC2)c1. The summed E-state index contributed by atoms with van der Waals surface area (Å²) in [4.78, 5) is 16.4. The van der Waals surface area contributed by atoms with Crippen LogP contribution in [0.15, 0.2) is 30.1 Å². The second kappa shape index (κ2) is 7.99. The van der Waals surface area contributed by atoms with Gasteiger partial charge < -0.3 is 10.6 Å². The molecule has 7 heteroatoms. The van der Waals surface area contributed by atoms with Gasteiger partial charge in [0.25, 0.3) is 5.91 Å². The third-order valence-electron chi connectivity index (χ3n) is 4.73. The van der Waals surface area contributed by atoms with Crippen LogP contribution in [0.4, 0.5) is 5.69 Å². The standard InChI is InChI=1S/C18H25N3O3S/c22-18(21-16-7-9-25(23,24)13-16)15-10-17(12-19-11-15)20-8-6-14-4-2-1-3-5-14/h4,10-12,16,20H,1-3,5-9,13H2,(H,21,22). The minimum atomic E-state index is -3.00. The lowest BCUT2D eigenvalue weighted by Gasteiger charge is -2.14. The molecule has 1 aromatic heterocycles. The van der Waals surface area contributed by atoms with Crippen LogP contribution in [-0.4, -0.2) is 43.4 Å². The number of nitrogens with zero attached hydrogens (tertiary/aromatic N) is 1. The smallest absolute Gasteiger partial charge is 0.253 e. The molecule has 1 fully saturated rings. The van der Waals surface area contributed by atoms with Crippen molar-refractivity contribution in [3.8, 4) is 0 Å². The summed E-state index contributed by atoms with van der Waals surface area (Å²) in [7, 11) is -3.00. The minimum absolute atomic E-state index is 0.0270. The largest absolute Gasteiger partial charge is 0.383 e. The summed E-state index contributed by atoms with van der Waals surface area (Å²) in [6, 6.07) is 1.47. The van der Waals surface area contributed by atoms with Crippen molar-refractivity contribution in [3.05, 3.63) is 35.7 Å². The summed E-state index contributed by atoms with van der Waals surface area (Å²) in [6.45, 7) is 0.819. The Labute approximate surface area is 149 Å². The van der Waals surface area contributed by atoms with E-state index in [0.29, 0.717) is 12.0 Å². The van der Waals surface area contributed by atoms with Gasteiger partial charge in [0, 0.05) is 25.0 Å². The Hall–Kier alpha value is -1.89. The number of anilines is 1. The second-order valence-electron chi connectivity index (χ2n) is 6.82. The van der Waals surface area contributed by atoms with E-state index in [4.69, 9.17) is 0 Å². The van der Waals surface area contributed by atoms with Gasteiger partial charge in [0.2, 0.25) is 0 Å². The molecule has 25 heavy (non-hydrogen) atoms. The van der Waals surface area contributed by atoms with Crippen molar-refractivity contribution in [2.24, 2.45) is 0 Å². The number of sulfone groups is 1. The van der Waals surface area contributed by atoms with Crippen LogP contribution in [0.1, 0.15) is 48.9 Å². The molecule has 1 aliphatic heterocycles. The quantitative estimate of drug-likeness (QED) is 0.757. The van der Waals surface area contributed by atoms with E-state index in [0.717, 1.165) is 18.7 Å². The summed E-state index contributed by atoms with van der Waals surface area (Å²) < 4.78 is 23.0. The van der Waals surface area contributed by atoms with Crippen molar-refractivity contribution in [2.75, 3.05) is 23.4 Å². The van der Waals surface area contributed by atoms with Crippen LogP contribution in [0.2, 0.25) is 0 Å². The Bertz CT molecular complexity index is 759. The van der Waals surface area contributed by atoms with Crippen molar-refractivity contribution in [1.82, 2.24) is 10.3 Å². The maximum Gasteiger partial charge on any atom is 0.253 e. The van der Waals surface area contributed by atoms with E-state index in [1.165, 1.54) is 37.5 Å². The van der Waals surface area contributed by atoms with Crippen LogP contribution in [0.25, 0.3) is 0 Å². The maximum atomic E-state index is 12.3.